The lowest BCUT2D eigenvalue weighted by Gasteiger charge is -2.57. The molecule has 3 fully saturated rings. The van der Waals surface area contributed by atoms with Crippen LogP contribution in [0, 0.1) is 40.4 Å². The Morgan fingerprint density at radius 3 is 2.20 bits per heavy atom. The lowest BCUT2D eigenvalue weighted by Crippen LogP contribution is -2.48. The molecular formula is C20H36. The van der Waals surface area contributed by atoms with E-state index < -0.39 is 0 Å². The van der Waals surface area contributed by atoms with E-state index in [1.807, 2.05) is 0 Å². The summed E-state index contributed by atoms with van der Waals surface area (Å²) in [4.78, 5) is 0. The van der Waals surface area contributed by atoms with Gasteiger partial charge in [-0.05, 0) is 72.5 Å². The molecule has 0 aliphatic heterocycles. The molecule has 0 spiro atoms. The van der Waals surface area contributed by atoms with Crippen LogP contribution in [0.25, 0.3) is 0 Å². The van der Waals surface area contributed by atoms with Gasteiger partial charge in [0.25, 0.3) is 0 Å². The maximum Gasteiger partial charge on any atom is -0.0295 e. The molecule has 0 aromatic carbocycles. The first kappa shape index (κ1) is 14.9. The minimum atomic E-state index is 0.593. The molecule has 0 unspecified atom stereocenters. The van der Waals surface area contributed by atoms with E-state index in [0.29, 0.717) is 10.8 Å². The van der Waals surface area contributed by atoms with Gasteiger partial charge in [0.05, 0.1) is 0 Å². The summed E-state index contributed by atoms with van der Waals surface area (Å²) in [6.07, 6.45) is 12.0. The van der Waals surface area contributed by atoms with Crippen LogP contribution in [0.4, 0.5) is 0 Å². The van der Waals surface area contributed by atoms with Gasteiger partial charge in [0.15, 0.2) is 0 Å². The van der Waals surface area contributed by atoms with E-state index in [4.69, 9.17) is 0 Å². The maximum atomic E-state index is 2.64. The Morgan fingerprint density at radius 1 is 0.750 bits per heavy atom. The highest BCUT2D eigenvalue weighted by molar-refractivity contribution is 5.00. The Kier molecular flexibility index (Phi) is 3.75. The van der Waals surface area contributed by atoms with E-state index in [0.717, 1.165) is 29.6 Å². The minimum absolute atomic E-state index is 0.593. The predicted molar refractivity (Wildman–Crippen MR) is 87.6 cm³/mol. The van der Waals surface area contributed by atoms with Gasteiger partial charge in [0.1, 0.15) is 0 Å². The summed E-state index contributed by atoms with van der Waals surface area (Å²) in [6.45, 7) is 12.9. The Hall–Kier alpha value is 0. The first-order chi connectivity index (χ1) is 9.34. The smallest absolute Gasteiger partial charge is 0.0295 e. The van der Waals surface area contributed by atoms with E-state index >= 15 is 0 Å². The first-order valence-corrected chi connectivity index (χ1v) is 9.34. The van der Waals surface area contributed by atoms with E-state index in [-0.39, 0.29) is 0 Å². The second-order valence-electron chi connectivity index (χ2n) is 9.58. The van der Waals surface area contributed by atoms with Gasteiger partial charge in [-0.15, -0.1) is 0 Å². The molecule has 116 valence electrons. The van der Waals surface area contributed by atoms with Crippen LogP contribution in [0.5, 0.6) is 0 Å². The zero-order chi connectivity index (χ0) is 14.5. The molecule has 0 N–H and O–H groups in total. The highest BCUT2D eigenvalue weighted by atomic mass is 14.6. The van der Waals surface area contributed by atoms with Crippen LogP contribution in [0.15, 0.2) is 0 Å². The molecule has 3 aliphatic rings. The van der Waals surface area contributed by atoms with E-state index in [1.54, 1.807) is 0 Å². The maximum absolute atomic E-state index is 2.64. The molecule has 2 bridgehead atoms. The van der Waals surface area contributed by atoms with Crippen molar-refractivity contribution in [1.29, 1.82) is 0 Å². The summed E-state index contributed by atoms with van der Waals surface area (Å²) in [5.41, 5.74) is 1.26. The molecule has 0 aromatic heterocycles. The molecular weight excluding hydrogens is 240 g/mol. The van der Waals surface area contributed by atoms with Crippen LogP contribution in [-0.2, 0) is 0 Å². The summed E-state index contributed by atoms with van der Waals surface area (Å²) in [5, 5.41) is 0. The summed E-state index contributed by atoms with van der Waals surface area (Å²) < 4.78 is 0. The largest absolute Gasteiger partial charge is 0.0622 e. The Morgan fingerprint density at radius 2 is 1.45 bits per heavy atom. The second-order valence-corrected chi connectivity index (χ2v) is 9.58. The van der Waals surface area contributed by atoms with Crippen LogP contribution in [-0.4, -0.2) is 0 Å². The Labute approximate surface area is 127 Å². The highest BCUT2D eigenvalue weighted by Gasteiger charge is 2.50. The third kappa shape index (κ3) is 2.26. The average molecular weight is 277 g/mol. The molecule has 3 aliphatic carbocycles. The standard InChI is InChI=1S/C20H36/c1-14-7-6-11-20(5)12-10-17-15(2)8-9-16(13-18(14)20)19(17,3)4/h14-18H,6-13H2,1-5H3/t14-,15-,16+,17+,18-,20-/m1/s1. The topological polar surface area (TPSA) is 0 Å². The lowest BCUT2D eigenvalue weighted by atomic mass is 9.48. The average Bonchev–Trinajstić information content (AvgIpc) is 2.35. The van der Waals surface area contributed by atoms with Crippen molar-refractivity contribution in [3.8, 4) is 0 Å². The summed E-state index contributed by atoms with van der Waals surface area (Å²) in [6, 6.07) is 0. The van der Waals surface area contributed by atoms with Gasteiger partial charge in [0, 0.05) is 0 Å². The van der Waals surface area contributed by atoms with Crippen molar-refractivity contribution in [2.45, 2.75) is 86.0 Å². The zero-order valence-electron chi connectivity index (χ0n) is 14.5. The third-order valence-electron chi connectivity index (χ3n) is 8.22. The minimum Gasteiger partial charge on any atom is -0.0622 e. The molecule has 3 rings (SSSR count). The zero-order valence-corrected chi connectivity index (χ0v) is 14.5. The van der Waals surface area contributed by atoms with E-state index in [1.165, 1.54) is 51.4 Å². The van der Waals surface area contributed by atoms with Gasteiger partial charge in [-0.2, -0.15) is 0 Å². The summed E-state index contributed by atoms with van der Waals surface area (Å²) >= 11 is 0. The van der Waals surface area contributed by atoms with Crippen LogP contribution in [0.1, 0.15) is 86.0 Å². The lowest BCUT2D eigenvalue weighted by molar-refractivity contribution is -0.0692. The molecule has 6 atom stereocenters. The number of rotatable bonds is 0. The molecule has 0 radical (unpaired) electrons. The van der Waals surface area contributed by atoms with Crippen molar-refractivity contribution in [1.82, 2.24) is 0 Å². The second kappa shape index (κ2) is 5.03. The van der Waals surface area contributed by atoms with Crippen molar-refractivity contribution in [2.24, 2.45) is 40.4 Å². The van der Waals surface area contributed by atoms with Crippen LogP contribution in [0.3, 0.4) is 0 Å². The van der Waals surface area contributed by atoms with Crippen LogP contribution >= 0.6 is 0 Å². The third-order valence-corrected chi connectivity index (χ3v) is 8.22. The Balaban J connectivity index is 1.91. The highest BCUT2D eigenvalue weighted by Crippen LogP contribution is 2.60. The molecule has 0 heterocycles. The molecule has 0 saturated heterocycles. The van der Waals surface area contributed by atoms with Gasteiger partial charge < -0.3 is 0 Å². The Bertz CT molecular complexity index is 355. The van der Waals surface area contributed by atoms with Gasteiger partial charge in [0.2, 0.25) is 0 Å². The van der Waals surface area contributed by atoms with Crippen molar-refractivity contribution in [3.05, 3.63) is 0 Å². The van der Waals surface area contributed by atoms with E-state index in [2.05, 4.69) is 34.6 Å². The van der Waals surface area contributed by atoms with Gasteiger partial charge >= 0.3 is 0 Å². The quantitative estimate of drug-likeness (QED) is 0.487. The number of fused-ring (bicyclic) bond motifs is 3. The number of hydrogen-bond donors (Lipinski definition) is 0. The molecule has 0 amide bonds. The molecule has 0 heteroatoms. The fourth-order valence-electron chi connectivity index (χ4n) is 6.67. The predicted octanol–water partition coefficient (Wildman–Crippen LogP) is 6.30. The summed E-state index contributed by atoms with van der Waals surface area (Å²) in [5.74, 6) is 4.92. The van der Waals surface area contributed by atoms with Crippen molar-refractivity contribution in [3.63, 3.8) is 0 Å². The molecule has 0 aromatic rings. The SMILES string of the molecule is C[C@@H]1CCC[C@]2(C)CC[C@H]3[C@H](C)CC[C@@H](C[C@H]12)C3(C)C. The molecule has 0 nitrogen and oxygen atoms in total. The monoisotopic (exact) mass is 276 g/mol. The fraction of sp³-hybridized carbons (Fsp3) is 1.00. The van der Waals surface area contributed by atoms with Crippen LogP contribution in [0.2, 0.25) is 0 Å². The normalized spacial score (nSPS) is 51.8. The van der Waals surface area contributed by atoms with Gasteiger partial charge in [-0.25, -0.2) is 0 Å². The van der Waals surface area contributed by atoms with Crippen LogP contribution < -0.4 is 0 Å². The molecule has 20 heavy (non-hydrogen) atoms. The van der Waals surface area contributed by atoms with Gasteiger partial charge in [-0.3, -0.25) is 0 Å². The van der Waals surface area contributed by atoms with Crippen molar-refractivity contribution < 1.29 is 0 Å². The number of hydrogen-bond acceptors (Lipinski definition) is 0. The first-order valence-electron chi connectivity index (χ1n) is 9.34. The van der Waals surface area contributed by atoms with Crippen molar-refractivity contribution in [2.75, 3.05) is 0 Å². The van der Waals surface area contributed by atoms with Crippen molar-refractivity contribution >= 4 is 0 Å². The molecule has 3 saturated carbocycles. The fourth-order valence-corrected chi connectivity index (χ4v) is 6.67. The van der Waals surface area contributed by atoms with Gasteiger partial charge in [-0.1, -0.05) is 53.9 Å². The van der Waals surface area contributed by atoms with E-state index in [9.17, 15) is 0 Å². The summed E-state index contributed by atoms with van der Waals surface area (Å²) in [7, 11) is 0.